The zero-order valence-corrected chi connectivity index (χ0v) is 12.0. The molecule has 0 saturated carbocycles. The highest BCUT2D eigenvalue weighted by atomic mass is 16.5. The van der Waals surface area contributed by atoms with Crippen LogP contribution in [0, 0.1) is 0 Å². The predicted octanol–water partition coefficient (Wildman–Crippen LogP) is 0.986. The molecule has 7 heteroatoms. The third-order valence-electron chi connectivity index (χ3n) is 2.96. The summed E-state index contributed by atoms with van der Waals surface area (Å²) in [5, 5.41) is 4.31. The largest absolute Gasteiger partial charge is 0.461 e. The van der Waals surface area contributed by atoms with Gasteiger partial charge >= 0.3 is 5.97 Å². The number of ether oxygens (including phenoxy) is 1. The number of nitrogen functional groups attached to an aromatic ring is 1. The van der Waals surface area contributed by atoms with E-state index in [0.29, 0.717) is 25.4 Å². The first-order valence-corrected chi connectivity index (χ1v) is 6.57. The van der Waals surface area contributed by atoms with Crippen molar-refractivity contribution in [1.29, 1.82) is 0 Å². The standard InChI is InChI=1S/C13H19N5O2/c1-4-10-15-11(13(19)20-5-2)12(14)18(10)8-9-6-7-17(3)16-9/h6-7H,4-5,8,14H2,1-3H3. The van der Waals surface area contributed by atoms with Gasteiger partial charge in [0, 0.05) is 19.7 Å². The molecule has 20 heavy (non-hydrogen) atoms. The highest BCUT2D eigenvalue weighted by Gasteiger charge is 2.21. The van der Waals surface area contributed by atoms with E-state index in [1.54, 1.807) is 16.2 Å². The lowest BCUT2D eigenvalue weighted by Crippen LogP contribution is -2.11. The summed E-state index contributed by atoms with van der Waals surface area (Å²) in [5.41, 5.74) is 7.07. The summed E-state index contributed by atoms with van der Waals surface area (Å²) in [6.07, 6.45) is 2.54. The zero-order chi connectivity index (χ0) is 14.7. The molecule has 0 amide bonds. The quantitative estimate of drug-likeness (QED) is 0.823. The minimum atomic E-state index is -0.487. The van der Waals surface area contributed by atoms with Crippen LogP contribution in [0.3, 0.4) is 0 Å². The first-order chi connectivity index (χ1) is 9.56. The number of hydrogen-bond donors (Lipinski definition) is 1. The molecule has 0 saturated heterocycles. The SMILES string of the molecule is CCOC(=O)c1nc(CC)n(Cc2ccn(C)n2)c1N. The van der Waals surface area contributed by atoms with Crippen LogP contribution in [-0.4, -0.2) is 31.9 Å². The number of rotatable bonds is 5. The van der Waals surface area contributed by atoms with Crippen LogP contribution < -0.4 is 5.73 Å². The van der Waals surface area contributed by atoms with Gasteiger partial charge in [0.15, 0.2) is 5.69 Å². The normalized spacial score (nSPS) is 10.8. The van der Waals surface area contributed by atoms with Crippen LogP contribution in [0.15, 0.2) is 12.3 Å². The number of nitrogens with zero attached hydrogens (tertiary/aromatic N) is 4. The average Bonchev–Trinajstić information content (AvgIpc) is 2.96. The van der Waals surface area contributed by atoms with Crippen molar-refractivity contribution in [2.24, 2.45) is 7.05 Å². The number of esters is 1. The summed E-state index contributed by atoms with van der Waals surface area (Å²) in [7, 11) is 1.85. The Hall–Kier alpha value is -2.31. The fraction of sp³-hybridized carbons (Fsp3) is 0.462. The third kappa shape index (κ3) is 2.66. The van der Waals surface area contributed by atoms with Gasteiger partial charge in [-0.15, -0.1) is 0 Å². The first-order valence-electron chi connectivity index (χ1n) is 6.57. The minimum Gasteiger partial charge on any atom is -0.461 e. The maximum Gasteiger partial charge on any atom is 0.360 e. The van der Waals surface area contributed by atoms with Crippen molar-refractivity contribution in [1.82, 2.24) is 19.3 Å². The minimum absolute atomic E-state index is 0.180. The number of imidazole rings is 1. The van der Waals surface area contributed by atoms with Gasteiger partial charge in [-0.25, -0.2) is 9.78 Å². The number of carbonyl (C=O) groups excluding carboxylic acids is 1. The Bertz CT molecular complexity index is 614. The maximum atomic E-state index is 11.8. The molecule has 0 bridgehead atoms. The number of nitrogens with two attached hydrogens (primary N) is 1. The van der Waals surface area contributed by atoms with Crippen molar-refractivity contribution < 1.29 is 9.53 Å². The van der Waals surface area contributed by atoms with Gasteiger partial charge in [-0.05, 0) is 13.0 Å². The van der Waals surface area contributed by atoms with Gasteiger partial charge in [0.25, 0.3) is 0 Å². The number of aryl methyl sites for hydroxylation is 2. The Labute approximate surface area is 117 Å². The van der Waals surface area contributed by atoms with Crippen molar-refractivity contribution in [3.05, 3.63) is 29.5 Å². The topological polar surface area (TPSA) is 88.0 Å². The molecular weight excluding hydrogens is 258 g/mol. The highest BCUT2D eigenvalue weighted by Crippen LogP contribution is 2.18. The molecule has 108 valence electrons. The Morgan fingerprint density at radius 3 is 2.75 bits per heavy atom. The van der Waals surface area contributed by atoms with E-state index in [2.05, 4.69) is 10.1 Å². The lowest BCUT2D eigenvalue weighted by molar-refractivity contribution is 0.0521. The van der Waals surface area contributed by atoms with Crippen LogP contribution in [0.25, 0.3) is 0 Å². The second-order valence-electron chi connectivity index (χ2n) is 4.40. The second kappa shape index (κ2) is 5.77. The Morgan fingerprint density at radius 1 is 1.45 bits per heavy atom. The molecule has 0 radical (unpaired) electrons. The Balaban J connectivity index is 2.34. The van der Waals surface area contributed by atoms with Crippen molar-refractivity contribution >= 4 is 11.8 Å². The molecule has 0 aliphatic heterocycles. The van der Waals surface area contributed by atoms with Crippen molar-refractivity contribution in [2.45, 2.75) is 26.8 Å². The number of carbonyl (C=O) groups is 1. The molecule has 2 aromatic rings. The monoisotopic (exact) mass is 277 g/mol. The van der Waals surface area contributed by atoms with E-state index in [9.17, 15) is 4.79 Å². The Kier molecular flexibility index (Phi) is 4.07. The summed E-state index contributed by atoms with van der Waals surface area (Å²) >= 11 is 0. The molecule has 0 aliphatic carbocycles. The third-order valence-corrected chi connectivity index (χ3v) is 2.96. The van der Waals surface area contributed by atoms with Gasteiger partial charge in [0.2, 0.25) is 0 Å². The van der Waals surface area contributed by atoms with E-state index in [1.165, 1.54) is 0 Å². The van der Waals surface area contributed by atoms with E-state index in [4.69, 9.17) is 10.5 Å². The average molecular weight is 277 g/mol. The zero-order valence-electron chi connectivity index (χ0n) is 12.0. The van der Waals surface area contributed by atoms with E-state index in [-0.39, 0.29) is 5.69 Å². The van der Waals surface area contributed by atoms with Gasteiger partial charge in [-0.3, -0.25) is 4.68 Å². The molecule has 7 nitrogen and oxygen atoms in total. The fourth-order valence-corrected chi connectivity index (χ4v) is 2.02. The summed E-state index contributed by atoms with van der Waals surface area (Å²) < 4.78 is 8.48. The van der Waals surface area contributed by atoms with Gasteiger partial charge in [0.1, 0.15) is 11.6 Å². The van der Waals surface area contributed by atoms with Crippen molar-refractivity contribution in [2.75, 3.05) is 12.3 Å². The molecule has 0 fully saturated rings. The molecule has 0 spiro atoms. The van der Waals surface area contributed by atoms with E-state index in [1.807, 2.05) is 26.2 Å². The highest BCUT2D eigenvalue weighted by molar-refractivity contribution is 5.92. The second-order valence-corrected chi connectivity index (χ2v) is 4.40. The number of hydrogen-bond acceptors (Lipinski definition) is 5. The molecule has 0 aromatic carbocycles. The number of aromatic nitrogens is 4. The molecule has 2 N–H and O–H groups in total. The van der Waals surface area contributed by atoms with Crippen LogP contribution >= 0.6 is 0 Å². The van der Waals surface area contributed by atoms with Gasteiger partial charge in [-0.1, -0.05) is 6.92 Å². The summed E-state index contributed by atoms with van der Waals surface area (Å²) in [6.45, 7) is 4.50. The maximum absolute atomic E-state index is 11.8. The van der Waals surface area contributed by atoms with Crippen LogP contribution in [0.1, 0.15) is 35.9 Å². The smallest absolute Gasteiger partial charge is 0.360 e. The first kappa shape index (κ1) is 14.1. The molecule has 2 heterocycles. The Morgan fingerprint density at radius 2 is 2.20 bits per heavy atom. The molecule has 2 aromatic heterocycles. The van der Waals surface area contributed by atoms with E-state index >= 15 is 0 Å². The summed E-state index contributed by atoms with van der Waals surface area (Å²) in [5.74, 6) is 0.585. The predicted molar refractivity (Wildman–Crippen MR) is 74.3 cm³/mol. The molecule has 2 rings (SSSR count). The van der Waals surface area contributed by atoms with E-state index < -0.39 is 5.97 Å². The van der Waals surface area contributed by atoms with Crippen molar-refractivity contribution in [3.63, 3.8) is 0 Å². The van der Waals surface area contributed by atoms with Gasteiger partial charge in [-0.2, -0.15) is 5.10 Å². The molecular formula is C13H19N5O2. The molecule has 0 unspecified atom stereocenters. The summed E-state index contributed by atoms with van der Waals surface area (Å²) in [4.78, 5) is 16.1. The fourth-order valence-electron chi connectivity index (χ4n) is 2.02. The lowest BCUT2D eigenvalue weighted by Gasteiger charge is -2.06. The molecule has 0 aliphatic rings. The van der Waals surface area contributed by atoms with Crippen molar-refractivity contribution in [3.8, 4) is 0 Å². The summed E-state index contributed by atoms with van der Waals surface area (Å²) in [6, 6.07) is 1.91. The van der Waals surface area contributed by atoms with Gasteiger partial charge in [0.05, 0.1) is 18.8 Å². The molecule has 0 atom stereocenters. The van der Waals surface area contributed by atoms with Crippen LogP contribution in [0.4, 0.5) is 5.82 Å². The van der Waals surface area contributed by atoms with Gasteiger partial charge < -0.3 is 15.0 Å². The van der Waals surface area contributed by atoms with Crippen LogP contribution in [0.2, 0.25) is 0 Å². The number of anilines is 1. The van der Waals surface area contributed by atoms with Crippen LogP contribution in [-0.2, 0) is 24.8 Å². The van der Waals surface area contributed by atoms with E-state index in [0.717, 1.165) is 11.5 Å². The van der Waals surface area contributed by atoms with Crippen LogP contribution in [0.5, 0.6) is 0 Å². The lowest BCUT2D eigenvalue weighted by atomic mass is 10.4.